The van der Waals surface area contributed by atoms with Gasteiger partial charge in [-0.3, -0.25) is 14.7 Å². The number of hydrogen-bond donors (Lipinski definition) is 1. The molecule has 0 saturated carbocycles. The van der Waals surface area contributed by atoms with Gasteiger partial charge < -0.3 is 5.32 Å². The minimum atomic E-state index is -0.0198. The Hall–Kier alpha value is -2.43. The molecule has 150 valence electrons. The predicted molar refractivity (Wildman–Crippen MR) is 118 cm³/mol. The topological polar surface area (TPSA) is 45.2 Å². The molecule has 0 aliphatic carbocycles. The number of aryl methyl sites for hydroxylation is 2. The SMILES string of the molecule is Cc1ccc2cc(C(=O)NC3CCN(Cc4ccc(Cl)cc4)CC3)c(C)nc2c1. The molecule has 1 aliphatic rings. The Kier molecular flexibility index (Phi) is 5.84. The molecule has 1 saturated heterocycles. The van der Waals surface area contributed by atoms with Crippen LogP contribution in [0.25, 0.3) is 10.9 Å². The van der Waals surface area contributed by atoms with Crippen LogP contribution in [0, 0.1) is 13.8 Å². The van der Waals surface area contributed by atoms with E-state index in [1.165, 1.54) is 11.1 Å². The number of halogens is 1. The Morgan fingerprint density at radius 3 is 2.55 bits per heavy atom. The minimum Gasteiger partial charge on any atom is -0.349 e. The summed E-state index contributed by atoms with van der Waals surface area (Å²) in [4.78, 5) is 19.9. The summed E-state index contributed by atoms with van der Waals surface area (Å²) in [6.07, 6.45) is 1.91. The lowest BCUT2D eigenvalue weighted by Gasteiger charge is -2.32. The van der Waals surface area contributed by atoms with Crippen molar-refractivity contribution < 1.29 is 4.79 Å². The van der Waals surface area contributed by atoms with Gasteiger partial charge >= 0.3 is 0 Å². The predicted octanol–water partition coefficient (Wildman–Crippen LogP) is 4.90. The third-order valence-corrected chi connectivity index (χ3v) is 5.90. The van der Waals surface area contributed by atoms with Gasteiger partial charge in [0.25, 0.3) is 5.91 Å². The molecule has 0 radical (unpaired) electrons. The van der Waals surface area contributed by atoms with Crippen molar-refractivity contribution in [2.45, 2.75) is 39.3 Å². The standard InChI is InChI=1S/C24H26ClN3O/c1-16-3-6-19-14-22(17(2)26-23(19)13-16)24(29)27-21-9-11-28(12-10-21)15-18-4-7-20(25)8-5-18/h3-8,13-14,21H,9-12,15H2,1-2H3,(H,27,29). The molecule has 1 fully saturated rings. The average Bonchev–Trinajstić information content (AvgIpc) is 2.70. The average molecular weight is 408 g/mol. The lowest BCUT2D eigenvalue weighted by atomic mass is 10.0. The van der Waals surface area contributed by atoms with E-state index in [0.717, 1.165) is 54.1 Å². The molecule has 0 spiro atoms. The van der Waals surface area contributed by atoms with Gasteiger partial charge in [0.05, 0.1) is 16.8 Å². The van der Waals surface area contributed by atoms with Crippen LogP contribution in [-0.2, 0) is 6.54 Å². The molecule has 1 aromatic heterocycles. The number of fused-ring (bicyclic) bond motifs is 1. The normalized spacial score (nSPS) is 15.6. The molecule has 0 unspecified atom stereocenters. The number of nitrogens with one attached hydrogen (secondary N) is 1. The molecule has 0 atom stereocenters. The number of amides is 1. The van der Waals surface area contributed by atoms with E-state index in [9.17, 15) is 4.79 Å². The van der Waals surface area contributed by atoms with Gasteiger partial charge in [-0.15, -0.1) is 0 Å². The summed E-state index contributed by atoms with van der Waals surface area (Å²) in [5, 5.41) is 4.99. The molecule has 3 aromatic rings. The Morgan fingerprint density at radius 1 is 1.10 bits per heavy atom. The number of likely N-dealkylation sites (tertiary alicyclic amines) is 1. The van der Waals surface area contributed by atoms with E-state index in [1.54, 1.807) is 0 Å². The highest BCUT2D eigenvalue weighted by atomic mass is 35.5. The molecule has 29 heavy (non-hydrogen) atoms. The second-order valence-corrected chi connectivity index (χ2v) is 8.40. The number of rotatable bonds is 4. The van der Waals surface area contributed by atoms with Crippen molar-refractivity contribution in [1.82, 2.24) is 15.2 Å². The van der Waals surface area contributed by atoms with E-state index in [-0.39, 0.29) is 11.9 Å². The first-order chi connectivity index (χ1) is 14.0. The second-order valence-electron chi connectivity index (χ2n) is 7.97. The smallest absolute Gasteiger partial charge is 0.253 e. The van der Waals surface area contributed by atoms with Crippen LogP contribution < -0.4 is 5.32 Å². The highest BCUT2D eigenvalue weighted by Crippen LogP contribution is 2.20. The van der Waals surface area contributed by atoms with Crippen molar-refractivity contribution in [3.63, 3.8) is 0 Å². The van der Waals surface area contributed by atoms with Gasteiger partial charge in [-0.2, -0.15) is 0 Å². The number of carbonyl (C=O) groups is 1. The molecule has 1 N–H and O–H groups in total. The Bertz CT molecular complexity index is 1020. The molecular formula is C24H26ClN3O. The summed E-state index contributed by atoms with van der Waals surface area (Å²) < 4.78 is 0. The quantitative estimate of drug-likeness (QED) is 0.669. The van der Waals surface area contributed by atoms with Crippen LogP contribution >= 0.6 is 11.6 Å². The molecule has 1 aliphatic heterocycles. The van der Waals surface area contributed by atoms with Crippen LogP contribution in [0.4, 0.5) is 0 Å². The molecule has 0 bridgehead atoms. The molecular weight excluding hydrogens is 382 g/mol. The van der Waals surface area contributed by atoms with Crippen molar-refractivity contribution >= 4 is 28.4 Å². The lowest BCUT2D eigenvalue weighted by molar-refractivity contribution is 0.0908. The maximum atomic E-state index is 12.9. The first kappa shape index (κ1) is 19.9. The number of nitrogens with zero attached hydrogens (tertiary/aromatic N) is 2. The van der Waals surface area contributed by atoms with E-state index < -0.39 is 0 Å². The summed E-state index contributed by atoms with van der Waals surface area (Å²) in [7, 11) is 0. The first-order valence-corrected chi connectivity index (χ1v) is 10.5. The summed E-state index contributed by atoms with van der Waals surface area (Å²) in [6.45, 7) is 6.83. The van der Waals surface area contributed by atoms with Gasteiger partial charge in [-0.1, -0.05) is 35.9 Å². The van der Waals surface area contributed by atoms with Crippen LogP contribution in [-0.4, -0.2) is 34.9 Å². The Balaban J connectivity index is 1.36. The second kappa shape index (κ2) is 8.52. The van der Waals surface area contributed by atoms with Crippen LogP contribution in [0.1, 0.15) is 40.0 Å². The highest BCUT2D eigenvalue weighted by molar-refractivity contribution is 6.30. The number of hydrogen-bond acceptors (Lipinski definition) is 3. The van der Waals surface area contributed by atoms with Crippen molar-refractivity contribution in [1.29, 1.82) is 0 Å². The number of benzene rings is 2. The van der Waals surface area contributed by atoms with E-state index in [4.69, 9.17) is 11.6 Å². The summed E-state index contributed by atoms with van der Waals surface area (Å²) in [5.74, 6) is -0.0198. The third-order valence-electron chi connectivity index (χ3n) is 5.65. The number of aromatic nitrogens is 1. The highest BCUT2D eigenvalue weighted by Gasteiger charge is 2.22. The van der Waals surface area contributed by atoms with Crippen LogP contribution in [0.3, 0.4) is 0 Å². The van der Waals surface area contributed by atoms with Crippen molar-refractivity contribution in [3.05, 3.63) is 75.9 Å². The third kappa shape index (κ3) is 4.77. The summed E-state index contributed by atoms with van der Waals surface area (Å²) in [6, 6.07) is 16.3. The first-order valence-electron chi connectivity index (χ1n) is 10.1. The van der Waals surface area contributed by atoms with Crippen LogP contribution in [0.5, 0.6) is 0 Å². The number of pyridine rings is 1. The van der Waals surface area contributed by atoms with Gasteiger partial charge in [-0.25, -0.2) is 0 Å². The zero-order valence-electron chi connectivity index (χ0n) is 16.9. The van der Waals surface area contributed by atoms with E-state index >= 15 is 0 Å². The van der Waals surface area contributed by atoms with Gasteiger partial charge in [0, 0.05) is 36.1 Å². The van der Waals surface area contributed by atoms with Crippen molar-refractivity contribution in [2.24, 2.45) is 0 Å². The lowest BCUT2D eigenvalue weighted by Crippen LogP contribution is -2.44. The minimum absolute atomic E-state index is 0.0198. The molecule has 2 aromatic carbocycles. The van der Waals surface area contributed by atoms with Gasteiger partial charge in [0.15, 0.2) is 0 Å². The molecule has 2 heterocycles. The monoisotopic (exact) mass is 407 g/mol. The van der Waals surface area contributed by atoms with Crippen LogP contribution in [0.15, 0.2) is 48.5 Å². The Morgan fingerprint density at radius 2 is 1.83 bits per heavy atom. The fourth-order valence-corrected chi connectivity index (χ4v) is 4.08. The largest absolute Gasteiger partial charge is 0.349 e. The van der Waals surface area contributed by atoms with E-state index in [0.29, 0.717) is 5.56 Å². The molecule has 1 amide bonds. The fourth-order valence-electron chi connectivity index (χ4n) is 3.95. The summed E-state index contributed by atoms with van der Waals surface area (Å²) in [5.41, 5.74) is 4.83. The molecule has 4 nitrogen and oxygen atoms in total. The Labute approximate surface area is 176 Å². The zero-order valence-corrected chi connectivity index (χ0v) is 17.7. The molecule has 5 heteroatoms. The van der Waals surface area contributed by atoms with Gasteiger partial charge in [0.2, 0.25) is 0 Å². The molecule has 4 rings (SSSR count). The fraction of sp³-hybridized carbons (Fsp3) is 0.333. The van der Waals surface area contributed by atoms with E-state index in [2.05, 4.69) is 46.4 Å². The van der Waals surface area contributed by atoms with Gasteiger partial charge in [0.1, 0.15) is 0 Å². The van der Waals surface area contributed by atoms with Crippen LogP contribution in [0.2, 0.25) is 5.02 Å². The number of carbonyl (C=O) groups excluding carboxylic acids is 1. The maximum Gasteiger partial charge on any atom is 0.253 e. The number of piperidine rings is 1. The van der Waals surface area contributed by atoms with E-state index in [1.807, 2.05) is 31.2 Å². The van der Waals surface area contributed by atoms with Gasteiger partial charge in [-0.05, 0) is 62.1 Å². The maximum absolute atomic E-state index is 12.9. The zero-order chi connectivity index (χ0) is 20.4. The van der Waals surface area contributed by atoms with Crippen molar-refractivity contribution in [2.75, 3.05) is 13.1 Å². The van der Waals surface area contributed by atoms with Crippen molar-refractivity contribution in [3.8, 4) is 0 Å². The summed E-state index contributed by atoms with van der Waals surface area (Å²) >= 11 is 5.96.